The zero-order valence-electron chi connectivity index (χ0n) is 13.4. The van der Waals surface area contributed by atoms with Crippen LogP contribution in [0.25, 0.3) is 5.70 Å². The molecule has 1 aromatic carbocycles. The van der Waals surface area contributed by atoms with Gasteiger partial charge >= 0.3 is 11.9 Å². The number of hydrogen-bond acceptors (Lipinski definition) is 8. The molecule has 1 atom stereocenters. The number of hydrogen-bond donors (Lipinski definition) is 3. The first-order valence-corrected chi connectivity index (χ1v) is 7.19. The fourth-order valence-electron chi connectivity index (χ4n) is 2.85. The maximum Gasteiger partial charge on any atom is 0.356 e. The van der Waals surface area contributed by atoms with E-state index in [1.165, 1.54) is 19.3 Å². The van der Waals surface area contributed by atoms with Crippen molar-refractivity contribution >= 4 is 17.6 Å². The van der Waals surface area contributed by atoms with Crippen molar-refractivity contribution in [1.82, 2.24) is 16.0 Å². The van der Waals surface area contributed by atoms with E-state index in [1.54, 1.807) is 6.92 Å². The van der Waals surface area contributed by atoms with Crippen LogP contribution < -0.4 is 10.9 Å². The monoisotopic (exact) mass is 331 g/mol. The second-order valence-electron chi connectivity index (χ2n) is 5.33. The number of carbonyl (C=O) groups excluding carboxylic acids is 2. The van der Waals surface area contributed by atoms with Crippen LogP contribution in [0.3, 0.4) is 0 Å². The van der Waals surface area contributed by atoms with Crippen LogP contribution in [0.2, 0.25) is 0 Å². The number of carbonyl (C=O) groups is 2. The first kappa shape index (κ1) is 16.0. The molecule has 0 aromatic heterocycles. The smallest absolute Gasteiger partial charge is 0.356 e. The van der Waals surface area contributed by atoms with E-state index in [0.29, 0.717) is 11.3 Å². The number of hydrazine groups is 2. The van der Waals surface area contributed by atoms with Gasteiger partial charge in [-0.1, -0.05) is 35.4 Å². The van der Waals surface area contributed by atoms with Crippen molar-refractivity contribution in [3.05, 3.63) is 52.7 Å². The fraction of sp³-hybridized carbons (Fsp3) is 0.250. The molecule has 24 heavy (non-hydrogen) atoms. The lowest BCUT2D eigenvalue weighted by Gasteiger charge is -2.27. The van der Waals surface area contributed by atoms with Gasteiger partial charge in [0.25, 0.3) is 0 Å². The van der Waals surface area contributed by atoms with Gasteiger partial charge in [-0.25, -0.2) is 9.59 Å². The summed E-state index contributed by atoms with van der Waals surface area (Å²) >= 11 is 0. The molecule has 0 aliphatic carbocycles. The molecule has 0 saturated carbocycles. The Kier molecular flexibility index (Phi) is 3.78. The Morgan fingerprint density at radius 2 is 1.71 bits per heavy atom. The second kappa shape index (κ2) is 5.66. The van der Waals surface area contributed by atoms with Gasteiger partial charge in [-0.05, 0) is 12.5 Å². The molecule has 0 spiro atoms. The van der Waals surface area contributed by atoms with Gasteiger partial charge in [-0.2, -0.15) is 0 Å². The highest BCUT2D eigenvalue weighted by molar-refractivity contribution is 6.03. The van der Waals surface area contributed by atoms with Crippen molar-refractivity contribution in [3.63, 3.8) is 0 Å². The Bertz CT molecular complexity index is 771. The number of aliphatic hydroxyl groups is 1. The molecule has 1 unspecified atom stereocenters. The van der Waals surface area contributed by atoms with E-state index in [4.69, 9.17) is 4.74 Å². The maximum atomic E-state index is 12.2. The first-order chi connectivity index (χ1) is 11.4. The number of nitrogens with zero attached hydrogens (tertiary/aromatic N) is 1. The quantitative estimate of drug-likeness (QED) is 0.668. The highest BCUT2D eigenvalue weighted by atomic mass is 16.5. The van der Waals surface area contributed by atoms with Crippen LogP contribution in [0.15, 0.2) is 47.2 Å². The second-order valence-corrected chi connectivity index (χ2v) is 5.33. The van der Waals surface area contributed by atoms with Gasteiger partial charge in [0, 0.05) is 5.57 Å². The SMILES string of the molecule is COC(=O)C1=C(C(=O)OC)C2(O)C(C)=C(c3ccccc3)NN2N1. The minimum atomic E-state index is -1.87. The van der Waals surface area contributed by atoms with E-state index in [0.717, 1.165) is 5.56 Å². The number of rotatable bonds is 3. The van der Waals surface area contributed by atoms with Gasteiger partial charge < -0.3 is 14.6 Å². The van der Waals surface area contributed by atoms with Crippen molar-refractivity contribution in [2.24, 2.45) is 0 Å². The number of methoxy groups -OCH3 is 2. The zero-order chi connectivity index (χ0) is 17.5. The Balaban J connectivity index is 2.16. The molecule has 0 fully saturated rings. The van der Waals surface area contributed by atoms with E-state index in [-0.39, 0.29) is 11.3 Å². The lowest BCUT2D eigenvalue weighted by atomic mass is 9.93. The van der Waals surface area contributed by atoms with Gasteiger partial charge in [0.15, 0.2) is 5.70 Å². The van der Waals surface area contributed by atoms with Crippen molar-refractivity contribution in [1.29, 1.82) is 0 Å². The zero-order valence-corrected chi connectivity index (χ0v) is 13.4. The summed E-state index contributed by atoms with van der Waals surface area (Å²) < 4.78 is 9.41. The van der Waals surface area contributed by atoms with E-state index in [1.807, 2.05) is 30.3 Å². The lowest BCUT2D eigenvalue weighted by Crippen LogP contribution is -2.53. The summed E-state index contributed by atoms with van der Waals surface area (Å²) in [5, 5.41) is 12.4. The Morgan fingerprint density at radius 1 is 1.08 bits per heavy atom. The van der Waals surface area contributed by atoms with Crippen molar-refractivity contribution < 1.29 is 24.2 Å². The summed E-state index contributed by atoms with van der Waals surface area (Å²) in [7, 11) is 2.36. The Hall–Kier alpha value is -2.84. The van der Waals surface area contributed by atoms with Crippen molar-refractivity contribution in [3.8, 4) is 0 Å². The molecule has 8 heteroatoms. The predicted molar refractivity (Wildman–Crippen MR) is 83.2 cm³/mol. The Morgan fingerprint density at radius 3 is 2.29 bits per heavy atom. The summed E-state index contributed by atoms with van der Waals surface area (Å²) in [4.78, 5) is 24.2. The van der Waals surface area contributed by atoms with Gasteiger partial charge in [0.2, 0.25) is 5.72 Å². The van der Waals surface area contributed by atoms with Crippen LogP contribution in [0.4, 0.5) is 0 Å². The summed E-state index contributed by atoms with van der Waals surface area (Å²) in [6.07, 6.45) is 0. The lowest BCUT2D eigenvalue weighted by molar-refractivity contribution is -0.142. The van der Waals surface area contributed by atoms with Gasteiger partial charge in [-0.15, -0.1) is 0 Å². The summed E-state index contributed by atoms with van der Waals surface area (Å²) in [6.45, 7) is 1.67. The van der Waals surface area contributed by atoms with Gasteiger partial charge in [0.1, 0.15) is 5.57 Å². The highest BCUT2D eigenvalue weighted by Crippen LogP contribution is 2.42. The molecule has 3 rings (SSSR count). The number of fused-ring (bicyclic) bond motifs is 1. The van der Waals surface area contributed by atoms with Crippen LogP contribution in [-0.2, 0) is 19.1 Å². The molecule has 0 saturated heterocycles. The number of esters is 2. The van der Waals surface area contributed by atoms with Crippen LogP contribution in [0.5, 0.6) is 0 Å². The molecule has 0 bridgehead atoms. The van der Waals surface area contributed by atoms with Gasteiger partial charge in [0.05, 0.1) is 19.9 Å². The third-order valence-electron chi connectivity index (χ3n) is 4.11. The molecule has 2 aliphatic heterocycles. The molecule has 0 radical (unpaired) electrons. The van der Waals surface area contributed by atoms with Gasteiger partial charge in [-0.3, -0.25) is 10.9 Å². The van der Waals surface area contributed by atoms with E-state index in [2.05, 4.69) is 15.6 Å². The number of nitrogens with one attached hydrogen (secondary N) is 2. The van der Waals surface area contributed by atoms with Crippen molar-refractivity contribution in [2.45, 2.75) is 12.6 Å². The molecule has 1 aromatic rings. The molecule has 126 valence electrons. The molecule has 3 N–H and O–H groups in total. The average molecular weight is 331 g/mol. The summed E-state index contributed by atoms with van der Waals surface area (Å²) in [6, 6.07) is 9.31. The maximum absolute atomic E-state index is 12.2. The van der Waals surface area contributed by atoms with E-state index < -0.39 is 17.7 Å². The van der Waals surface area contributed by atoms with E-state index in [9.17, 15) is 14.7 Å². The third kappa shape index (κ3) is 2.08. The van der Waals surface area contributed by atoms with Crippen molar-refractivity contribution in [2.75, 3.05) is 14.2 Å². The van der Waals surface area contributed by atoms with Crippen LogP contribution >= 0.6 is 0 Å². The topological polar surface area (TPSA) is 100 Å². The number of benzene rings is 1. The van der Waals surface area contributed by atoms with E-state index >= 15 is 0 Å². The molecular weight excluding hydrogens is 314 g/mol. The van der Waals surface area contributed by atoms with Crippen LogP contribution in [0.1, 0.15) is 12.5 Å². The largest absolute Gasteiger partial charge is 0.465 e. The molecule has 0 amide bonds. The third-order valence-corrected chi connectivity index (χ3v) is 4.11. The fourth-order valence-corrected chi connectivity index (χ4v) is 2.85. The summed E-state index contributed by atoms with van der Waals surface area (Å²) in [5.74, 6) is -1.61. The average Bonchev–Trinajstić information content (AvgIpc) is 3.04. The molecular formula is C16H17N3O5. The predicted octanol–water partition coefficient (Wildman–Crippen LogP) is 0.0447. The minimum absolute atomic E-state index is 0.175. The summed E-state index contributed by atoms with van der Waals surface area (Å²) in [5.41, 5.74) is 5.26. The highest BCUT2D eigenvalue weighted by Gasteiger charge is 2.57. The minimum Gasteiger partial charge on any atom is -0.465 e. The molecule has 2 aliphatic rings. The standard InChI is InChI=1S/C16H17N3O5/c1-9-12(10-7-5-4-6-8-10)17-19-16(9,22)11(14(20)23-2)13(18-19)15(21)24-3/h4-8,17-18,22H,1-3H3. The normalized spacial score (nSPS) is 22.8. The van der Waals surface area contributed by atoms with Crippen LogP contribution in [0, 0.1) is 0 Å². The Labute approximate surface area is 138 Å². The molecule has 2 heterocycles. The van der Waals surface area contributed by atoms with Crippen LogP contribution in [-0.4, -0.2) is 42.1 Å². The first-order valence-electron chi connectivity index (χ1n) is 7.19. The molecule has 8 nitrogen and oxygen atoms in total. The number of ether oxygens (including phenoxy) is 2.